The second kappa shape index (κ2) is 8.62. The first-order chi connectivity index (χ1) is 13.2. The normalized spacial score (nSPS) is 16.6. The molecule has 1 heterocycles. The third-order valence-electron chi connectivity index (χ3n) is 4.88. The van der Waals surface area contributed by atoms with Crippen LogP contribution in [0.2, 0.25) is 0 Å². The van der Waals surface area contributed by atoms with Gasteiger partial charge in [0.05, 0.1) is 27.4 Å². The van der Waals surface area contributed by atoms with E-state index in [1.54, 1.807) is 33.5 Å². The van der Waals surface area contributed by atoms with Gasteiger partial charge in [-0.2, -0.15) is 0 Å². The minimum atomic E-state index is -0.0233. The summed E-state index contributed by atoms with van der Waals surface area (Å²) in [7, 11) is 4.91. The first-order valence-corrected chi connectivity index (χ1v) is 9.01. The van der Waals surface area contributed by atoms with Crippen molar-refractivity contribution in [3.05, 3.63) is 59.7 Å². The van der Waals surface area contributed by atoms with Crippen LogP contribution in [0.15, 0.2) is 48.5 Å². The molecule has 2 aromatic carbocycles. The quantitative estimate of drug-likeness (QED) is 0.722. The molecule has 1 saturated heterocycles. The molecule has 1 aliphatic rings. The number of likely N-dealkylation sites (tertiary alicyclic amines) is 1. The van der Waals surface area contributed by atoms with Crippen LogP contribution in [-0.4, -0.2) is 38.7 Å². The lowest BCUT2D eigenvalue weighted by Gasteiger charge is -2.25. The zero-order valence-corrected chi connectivity index (χ0v) is 16.0. The molecule has 27 heavy (non-hydrogen) atoms. The molecule has 142 valence electrons. The summed E-state index contributed by atoms with van der Waals surface area (Å²) < 4.78 is 16.2. The average Bonchev–Trinajstić information content (AvgIpc) is 3.21. The number of carbonyl (C=O) groups excluding carboxylic acids is 1. The van der Waals surface area contributed by atoms with Crippen LogP contribution in [-0.2, 0) is 4.79 Å². The lowest BCUT2D eigenvalue weighted by molar-refractivity contribution is -0.126. The van der Waals surface area contributed by atoms with Gasteiger partial charge in [0.15, 0.2) is 0 Å². The Bertz CT molecular complexity index is 831. The third-order valence-corrected chi connectivity index (χ3v) is 4.88. The van der Waals surface area contributed by atoms with Gasteiger partial charge in [0.25, 0.3) is 0 Å². The maximum absolute atomic E-state index is 12.9. The van der Waals surface area contributed by atoms with E-state index in [2.05, 4.69) is 0 Å². The predicted octanol–water partition coefficient (Wildman–Crippen LogP) is 4.09. The van der Waals surface area contributed by atoms with Crippen LogP contribution in [0.3, 0.4) is 0 Å². The number of para-hydroxylation sites is 1. The third kappa shape index (κ3) is 4.08. The second-order valence-electron chi connectivity index (χ2n) is 6.37. The van der Waals surface area contributed by atoms with Gasteiger partial charge < -0.3 is 19.1 Å². The van der Waals surface area contributed by atoms with Gasteiger partial charge in [-0.25, -0.2) is 0 Å². The largest absolute Gasteiger partial charge is 0.497 e. The summed E-state index contributed by atoms with van der Waals surface area (Å²) in [6.07, 6.45) is 5.28. The van der Waals surface area contributed by atoms with E-state index in [1.807, 2.05) is 47.4 Å². The number of carbonyl (C=O) groups is 1. The summed E-state index contributed by atoms with van der Waals surface area (Å²) in [5.74, 6) is 2.26. The molecule has 1 amide bonds. The van der Waals surface area contributed by atoms with Gasteiger partial charge >= 0.3 is 0 Å². The Morgan fingerprint density at radius 2 is 1.81 bits per heavy atom. The maximum atomic E-state index is 12.9. The van der Waals surface area contributed by atoms with Crippen molar-refractivity contribution in [1.29, 1.82) is 0 Å². The predicted molar refractivity (Wildman–Crippen MR) is 105 cm³/mol. The highest BCUT2D eigenvalue weighted by atomic mass is 16.5. The highest BCUT2D eigenvalue weighted by molar-refractivity contribution is 5.92. The summed E-state index contributed by atoms with van der Waals surface area (Å²) in [4.78, 5) is 14.8. The van der Waals surface area contributed by atoms with Crippen LogP contribution < -0.4 is 14.2 Å². The number of hydrogen-bond donors (Lipinski definition) is 0. The molecular formula is C22H25NO4. The number of ether oxygens (including phenoxy) is 3. The molecule has 0 aromatic heterocycles. The standard InChI is InChI=1S/C22H25NO4/c1-25-17-11-12-21(27-3)18(15-17)19-8-6-14-23(19)22(24)13-10-16-7-4-5-9-20(16)26-2/h4-5,7,9-13,15,19H,6,8,14H2,1-3H3/b13-10+. The molecule has 1 fully saturated rings. The fourth-order valence-electron chi connectivity index (χ4n) is 3.51. The van der Waals surface area contributed by atoms with Crippen LogP contribution in [0.4, 0.5) is 0 Å². The number of methoxy groups -OCH3 is 3. The van der Waals surface area contributed by atoms with Gasteiger partial charge in [-0.15, -0.1) is 0 Å². The molecular weight excluding hydrogens is 342 g/mol. The van der Waals surface area contributed by atoms with E-state index >= 15 is 0 Å². The Morgan fingerprint density at radius 1 is 1.04 bits per heavy atom. The Hall–Kier alpha value is -2.95. The van der Waals surface area contributed by atoms with Crippen molar-refractivity contribution in [3.8, 4) is 17.2 Å². The van der Waals surface area contributed by atoms with Crippen LogP contribution in [0.1, 0.15) is 30.0 Å². The van der Waals surface area contributed by atoms with Gasteiger partial charge in [-0.3, -0.25) is 4.79 Å². The van der Waals surface area contributed by atoms with E-state index in [0.29, 0.717) is 0 Å². The highest BCUT2D eigenvalue weighted by Gasteiger charge is 2.31. The molecule has 0 aliphatic carbocycles. The van der Waals surface area contributed by atoms with Crippen LogP contribution in [0.5, 0.6) is 17.2 Å². The molecule has 5 nitrogen and oxygen atoms in total. The molecule has 0 saturated carbocycles. The van der Waals surface area contributed by atoms with Gasteiger partial charge in [-0.05, 0) is 43.2 Å². The van der Waals surface area contributed by atoms with E-state index < -0.39 is 0 Å². The van der Waals surface area contributed by atoms with Crippen LogP contribution in [0, 0.1) is 0 Å². The number of hydrogen-bond acceptors (Lipinski definition) is 4. The Labute approximate surface area is 160 Å². The minimum absolute atomic E-state index is 0.0201. The van der Waals surface area contributed by atoms with Crippen molar-refractivity contribution >= 4 is 12.0 Å². The molecule has 0 bridgehead atoms. The summed E-state index contributed by atoms with van der Waals surface area (Å²) in [6, 6.07) is 13.3. The summed E-state index contributed by atoms with van der Waals surface area (Å²) in [6.45, 7) is 0.722. The Kier molecular flexibility index (Phi) is 6.01. The molecule has 1 unspecified atom stereocenters. The SMILES string of the molecule is COc1ccc(OC)c(C2CCCN2C(=O)/C=C/c2ccccc2OC)c1. The van der Waals surface area contributed by atoms with E-state index in [9.17, 15) is 4.79 Å². The van der Waals surface area contributed by atoms with Crippen LogP contribution >= 0.6 is 0 Å². The van der Waals surface area contributed by atoms with Crippen molar-refractivity contribution < 1.29 is 19.0 Å². The smallest absolute Gasteiger partial charge is 0.247 e. The topological polar surface area (TPSA) is 48.0 Å². The van der Waals surface area contributed by atoms with Crippen molar-refractivity contribution in [2.45, 2.75) is 18.9 Å². The van der Waals surface area contributed by atoms with E-state index in [4.69, 9.17) is 14.2 Å². The highest BCUT2D eigenvalue weighted by Crippen LogP contribution is 2.39. The lowest BCUT2D eigenvalue weighted by Crippen LogP contribution is -2.29. The van der Waals surface area contributed by atoms with Gasteiger partial charge in [-0.1, -0.05) is 18.2 Å². The van der Waals surface area contributed by atoms with E-state index in [0.717, 1.165) is 47.8 Å². The molecule has 0 spiro atoms. The Balaban J connectivity index is 1.84. The van der Waals surface area contributed by atoms with Gasteiger partial charge in [0.2, 0.25) is 5.91 Å². The summed E-state index contributed by atoms with van der Waals surface area (Å²) in [5.41, 5.74) is 1.86. The summed E-state index contributed by atoms with van der Waals surface area (Å²) in [5, 5.41) is 0. The molecule has 0 N–H and O–H groups in total. The van der Waals surface area contributed by atoms with Gasteiger partial charge in [0.1, 0.15) is 17.2 Å². The van der Waals surface area contributed by atoms with Crippen LogP contribution in [0.25, 0.3) is 6.08 Å². The zero-order chi connectivity index (χ0) is 19.2. The number of nitrogens with zero attached hydrogens (tertiary/aromatic N) is 1. The summed E-state index contributed by atoms with van der Waals surface area (Å²) >= 11 is 0. The monoisotopic (exact) mass is 367 g/mol. The second-order valence-corrected chi connectivity index (χ2v) is 6.37. The first kappa shape index (κ1) is 18.8. The maximum Gasteiger partial charge on any atom is 0.247 e. The Morgan fingerprint density at radius 3 is 2.56 bits per heavy atom. The van der Waals surface area contributed by atoms with Gasteiger partial charge in [0, 0.05) is 23.7 Å². The number of benzene rings is 2. The first-order valence-electron chi connectivity index (χ1n) is 9.01. The van der Waals surface area contributed by atoms with Crippen molar-refractivity contribution in [1.82, 2.24) is 4.90 Å². The lowest BCUT2D eigenvalue weighted by atomic mass is 10.0. The molecule has 1 aliphatic heterocycles. The van der Waals surface area contributed by atoms with E-state index in [-0.39, 0.29) is 11.9 Å². The number of amides is 1. The molecule has 3 rings (SSSR count). The molecule has 2 aromatic rings. The fourth-order valence-corrected chi connectivity index (χ4v) is 3.51. The molecule has 0 radical (unpaired) electrons. The zero-order valence-electron chi connectivity index (χ0n) is 16.0. The molecule has 5 heteroatoms. The average molecular weight is 367 g/mol. The van der Waals surface area contributed by atoms with Crippen molar-refractivity contribution in [2.24, 2.45) is 0 Å². The van der Waals surface area contributed by atoms with Crippen molar-refractivity contribution in [2.75, 3.05) is 27.9 Å². The number of rotatable bonds is 6. The van der Waals surface area contributed by atoms with E-state index in [1.165, 1.54) is 0 Å². The van der Waals surface area contributed by atoms with Crippen molar-refractivity contribution in [3.63, 3.8) is 0 Å². The fraction of sp³-hybridized carbons (Fsp3) is 0.318. The molecule has 1 atom stereocenters. The minimum Gasteiger partial charge on any atom is -0.497 e.